The third kappa shape index (κ3) is 4.42. The number of hydrogen-bond donors (Lipinski definition) is 1. The summed E-state index contributed by atoms with van der Waals surface area (Å²) in [4.78, 5) is 17.4. The van der Waals surface area contributed by atoms with E-state index in [9.17, 15) is 4.79 Å². The number of amides is 1. The third-order valence-corrected chi connectivity index (χ3v) is 5.88. The van der Waals surface area contributed by atoms with Crippen LogP contribution in [0.2, 0.25) is 0 Å². The standard InChI is InChI=1S/C22H30N4O/c1-24-12-4-6-20(24)21-7-5-15-26(21)17-22(27)23-19-10-8-18(9-11-19)16-25-13-2-3-14-25/h4,6,8-12,21H,2-3,5,7,13-17H2,1H3,(H,23,27)/t21-/m1/s1. The molecule has 0 saturated carbocycles. The van der Waals surface area contributed by atoms with Crippen LogP contribution in [0.4, 0.5) is 5.69 Å². The summed E-state index contributed by atoms with van der Waals surface area (Å²) in [6.45, 7) is 4.86. The Bertz CT molecular complexity index is 761. The highest BCUT2D eigenvalue weighted by Crippen LogP contribution is 2.31. The van der Waals surface area contributed by atoms with Crippen molar-refractivity contribution < 1.29 is 4.79 Å². The lowest BCUT2D eigenvalue weighted by Crippen LogP contribution is -2.33. The molecule has 0 bridgehead atoms. The molecule has 1 aromatic heterocycles. The number of carbonyl (C=O) groups is 1. The van der Waals surface area contributed by atoms with E-state index in [4.69, 9.17) is 0 Å². The van der Waals surface area contributed by atoms with Crippen molar-refractivity contribution in [1.82, 2.24) is 14.4 Å². The molecule has 3 heterocycles. The van der Waals surface area contributed by atoms with Gasteiger partial charge in [-0.3, -0.25) is 14.6 Å². The molecule has 2 fully saturated rings. The van der Waals surface area contributed by atoms with Gasteiger partial charge in [0, 0.05) is 31.2 Å². The first-order valence-electron chi connectivity index (χ1n) is 10.2. The van der Waals surface area contributed by atoms with Crippen LogP contribution in [-0.2, 0) is 18.4 Å². The zero-order chi connectivity index (χ0) is 18.6. The number of aryl methyl sites for hydroxylation is 1. The Morgan fingerprint density at radius 2 is 1.85 bits per heavy atom. The predicted octanol–water partition coefficient (Wildman–Crippen LogP) is 3.40. The molecule has 2 aliphatic heterocycles. The molecule has 1 N–H and O–H groups in total. The van der Waals surface area contributed by atoms with Crippen LogP contribution in [0, 0.1) is 0 Å². The molecule has 2 aromatic rings. The van der Waals surface area contributed by atoms with Crippen LogP contribution < -0.4 is 5.32 Å². The van der Waals surface area contributed by atoms with E-state index in [0.717, 1.165) is 31.6 Å². The molecule has 27 heavy (non-hydrogen) atoms. The summed E-state index contributed by atoms with van der Waals surface area (Å²) < 4.78 is 2.17. The van der Waals surface area contributed by atoms with Gasteiger partial charge in [0.05, 0.1) is 12.6 Å². The number of benzene rings is 1. The smallest absolute Gasteiger partial charge is 0.238 e. The number of hydrogen-bond acceptors (Lipinski definition) is 3. The first kappa shape index (κ1) is 18.3. The topological polar surface area (TPSA) is 40.5 Å². The van der Waals surface area contributed by atoms with Crippen LogP contribution >= 0.6 is 0 Å². The van der Waals surface area contributed by atoms with Gasteiger partial charge in [0.2, 0.25) is 5.91 Å². The van der Waals surface area contributed by atoms with Crippen LogP contribution in [0.5, 0.6) is 0 Å². The fourth-order valence-corrected chi connectivity index (χ4v) is 4.45. The number of aromatic nitrogens is 1. The molecule has 144 valence electrons. The first-order valence-corrected chi connectivity index (χ1v) is 10.2. The van der Waals surface area contributed by atoms with E-state index >= 15 is 0 Å². The number of rotatable bonds is 6. The number of nitrogens with one attached hydrogen (secondary N) is 1. The summed E-state index contributed by atoms with van der Waals surface area (Å²) >= 11 is 0. The molecule has 5 heteroatoms. The molecule has 1 aromatic carbocycles. The van der Waals surface area contributed by atoms with Crippen molar-refractivity contribution >= 4 is 11.6 Å². The SMILES string of the molecule is Cn1cccc1[C@H]1CCCN1CC(=O)Nc1ccc(CN2CCCC2)cc1. The molecule has 1 atom stereocenters. The predicted molar refractivity (Wildman–Crippen MR) is 109 cm³/mol. The third-order valence-electron chi connectivity index (χ3n) is 5.88. The Morgan fingerprint density at radius 1 is 1.07 bits per heavy atom. The quantitative estimate of drug-likeness (QED) is 0.852. The van der Waals surface area contributed by atoms with Gasteiger partial charge in [0.25, 0.3) is 0 Å². The van der Waals surface area contributed by atoms with Gasteiger partial charge in [0.1, 0.15) is 0 Å². The minimum Gasteiger partial charge on any atom is -0.353 e. The van der Waals surface area contributed by atoms with Crippen molar-refractivity contribution in [3.05, 3.63) is 53.9 Å². The summed E-state index contributed by atoms with van der Waals surface area (Å²) in [5, 5.41) is 3.07. The van der Waals surface area contributed by atoms with Crippen LogP contribution in [-0.4, -0.2) is 46.5 Å². The zero-order valence-corrected chi connectivity index (χ0v) is 16.2. The normalized spacial score (nSPS) is 21.0. The van der Waals surface area contributed by atoms with E-state index in [2.05, 4.69) is 57.2 Å². The Kier molecular flexibility index (Phi) is 5.60. The molecule has 4 rings (SSSR count). The maximum atomic E-state index is 12.6. The van der Waals surface area contributed by atoms with E-state index in [-0.39, 0.29) is 5.91 Å². The molecule has 2 saturated heterocycles. The summed E-state index contributed by atoms with van der Waals surface area (Å²) in [6, 6.07) is 12.9. The van der Waals surface area contributed by atoms with E-state index in [0.29, 0.717) is 12.6 Å². The van der Waals surface area contributed by atoms with Crippen LogP contribution in [0.1, 0.15) is 43.0 Å². The van der Waals surface area contributed by atoms with Gasteiger partial charge in [-0.25, -0.2) is 0 Å². The maximum absolute atomic E-state index is 12.6. The number of likely N-dealkylation sites (tertiary alicyclic amines) is 2. The van der Waals surface area contributed by atoms with E-state index in [1.807, 2.05) is 12.1 Å². The minimum absolute atomic E-state index is 0.0726. The van der Waals surface area contributed by atoms with Gasteiger partial charge in [-0.05, 0) is 75.1 Å². The number of anilines is 1. The molecule has 0 unspecified atom stereocenters. The zero-order valence-electron chi connectivity index (χ0n) is 16.2. The summed E-state index contributed by atoms with van der Waals surface area (Å²) in [7, 11) is 2.08. The Balaban J connectivity index is 1.31. The van der Waals surface area contributed by atoms with E-state index in [1.165, 1.54) is 37.2 Å². The number of nitrogens with zero attached hydrogens (tertiary/aromatic N) is 3. The monoisotopic (exact) mass is 366 g/mol. The van der Waals surface area contributed by atoms with Crippen molar-refractivity contribution in [1.29, 1.82) is 0 Å². The van der Waals surface area contributed by atoms with Gasteiger partial charge in [-0.1, -0.05) is 12.1 Å². The van der Waals surface area contributed by atoms with Gasteiger partial charge in [-0.15, -0.1) is 0 Å². The average Bonchev–Trinajstić information content (AvgIpc) is 3.39. The maximum Gasteiger partial charge on any atom is 0.238 e. The largest absolute Gasteiger partial charge is 0.353 e. The van der Waals surface area contributed by atoms with Crippen LogP contribution in [0.25, 0.3) is 0 Å². The average molecular weight is 367 g/mol. The lowest BCUT2D eigenvalue weighted by molar-refractivity contribution is -0.117. The Labute approximate surface area is 162 Å². The van der Waals surface area contributed by atoms with Crippen LogP contribution in [0.3, 0.4) is 0 Å². The highest BCUT2D eigenvalue weighted by Gasteiger charge is 2.28. The first-order chi connectivity index (χ1) is 13.2. The van der Waals surface area contributed by atoms with E-state index in [1.54, 1.807) is 0 Å². The molecule has 0 spiro atoms. The lowest BCUT2D eigenvalue weighted by Gasteiger charge is -2.24. The molecule has 2 aliphatic rings. The Morgan fingerprint density at radius 3 is 2.56 bits per heavy atom. The highest BCUT2D eigenvalue weighted by molar-refractivity contribution is 5.92. The fraction of sp³-hybridized carbons (Fsp3) is 0.500. The summed E-state index contributed by atoms with van der Waals surface area (Å²) in [5.41, 5.74) is 3.50. The van der Waals surface area contributed by atoms with Crippen LogP contribution in [0.15, 0.2) is 42.6 Å². The fourth-order valence-electron chi connectivity index (χ4n) is 4.45. The van der Waals surface area contributed by atoms with Crippen molar-refractivity contribution in [2.45, 2.75) is 38.3 Å². The molecule has 0 radical (unpaired) electrons. The van der Waals surface area contributed by atoms with E-state index < -0.39 is 0 Å². The van der Waals surface area contributed by atoms with Crippen molar-refractivity contribution in [2.75, 3.05) is 31.5 Å². The second-order valence-corrected chi connectivity index (χ2v) is 7.90. The minimum atomic E-state index is 0.0726. The van der Waals surface area contributed by atoms with Gasteiger partial charge >= 0.3 is 0 Å². The number of carbonyl (C=O) groups excluding carboxylic acids is 1. The summed E-state index contributed by atoms with van der Waals surface area (Å²) in [6.07, 6.45) is 6.98. The van der Waals surface area contributed by atoms with Gasteiger partial charge in [0.15, 0.2) is 0 Å². The second kappa shape index (κ2) is 8.28. The lowest BCUT2D eigenvalue weighted by atomic mass is 10.1. The molecular weight excluding hydrogens is 336 g/mol. The summed E-state index contributed by atoms with van der Waals surface area (Å²) in [5.74, 6) is 0.0726. The second-order valence-electron chi connectivity index (χ2n) is 7.90. The van der Waals surface area contributed by atoms with Crippen molar-refractivity contribution in [2.24, 2.45) is 7.05 Å². The van der Waals surface area contributed by atoms with Crippen molar-refractivity contribution in [3.63, 3.8) is 0 Å². The van der Waals surface area contributed by atoms with Gasteiger partial charge in [-0.2, -0.15) is 0 Å². The molecule has 5 nitrogen and oxygen atoms in total. The van der Waals surface area contributed by atoms with Crippen molar-refractivity contribution in [3.8, 4) is 0 Å². The molecule has 1 amide bonds. The molecule has 0 aliphatic carbocycles. The Hall–Kier alpha value is -2.11. The highest BCUT2D eigenvalue weighted by atomic mass is 16.2. The molecular formula is C22H30N4O. The van der Waals surface area contributed by atoms with Gasteiger partial charge < -0.3 is 9.88 Å².